The number of rotatable bonds is 7. The first-order chi connectivity index (χ1) is 28.1. The molecule has 2 aliphatic heterocycles. The topological polar surface area (TPSA) is 45.3 Å². The van der Waals surface area contributed by atoms with Crippen LogP contribution in [0.2, 0.25) is 0 Å². The smallest absolute Gasteiger partial charge is 0.124 e. The minimum Gasteiger partial charge on any atom is -0.486 e. The summed E-state index contributed by atoms with van der Waals surface area (Å²) in [6.07, 6.45) is 47.6. The molecule has 2 heterocycles. The molecule has 3 N–H and O–H groups in total. The molecule has 0 spiro atoms. The predicted octanol–water partition coefficient (Wildman–Crippen LogP) is 11.8. The maximum absolute atomic E-state index is 6.87. The van der Waals surface area contributed by atoms with Crippen LogP contribution < -0.4 is 20.7 Å². The van der Waals surface area contributed by atoms with Crippen LogP contribution in [0.5, 0.6) is 5.75 Å². The highest BCUT2D eigenvalue weighted by Crippen LogP contribution is 2.61. The Hall–Kier alpha value is -3.70. The van der Waals surface area contributed by atoms with E-state index in [-0.39, 0.29) is 30.0 Å². The quantitative estimate of drug-likeness (QED) is 0.246. The Bertz CT molecular complexity index is 1980. The molecular weight excluding hydrogens is 695 g/mol. The summed E-state index contributed by atoms with van der Waals surface area (Å²) in [5.74, 6) is 4.82. The number of hydrogen-bond acceptors (Lipinski definition) is 4. The van der Waals surface area contributed by atoms with Gasteiger partial charge in [0.1, 0.15) is 11.9 Å². The Morgan fingerprint density at radius 3 is 2.28 bits per heavy atom. The monoisotopic (exact) mass is 760 g/mol. The Morgan fingerprint density at radius 1 is 0.632 bits per heavy atom. The summed E-state index contributed by atoms with van der Waals surface area (Å²) in [5.41, 5.74) is 7.33. The minimum atomic E-state index is 0.0624. The second-order valence-electron chi connectivity index (χ2n) is 18.8. The maximum atomic E-state index is 6.87. The SMILES string of the molecule is CC1C=CC2Oc3ccccc3C(C3C=CC(c4ccccc4C4NC(C5=CCC(C6=CCCC=C6)C=C5)NC(C5CCCCC5)N4)CC3)(C3CC=CCC3)C2C1. The molecule has 0 amide bonds. The highest BCUT2D eigenvalue weighted by molar-refractivity contribution is 5.48. The van der Waals surface area contributed by atoms with E-state index < -0.39 is 0 Å². The van der Waals surface area contributed by atoms with E-state index in [1.807, 2.05) is 0 Å². The molecule has 1 saturated heterocycles. The van der Waals surface area contributed by atoms with E-state index in [2.05, 4.69) is 144 Å². The lowest BCUT2D eigenvalue weighted by Gasteiger charge is -2.58. The van der Waals surface area contributed by atoms with Crippen LogP contribution in [0.4, 0.5) is 0 Å². The van der Waals surface area contributed by atoms with Gasteiger partial charge in [0.2, 0.25) is 0 Å². The van der Waals surface area contributed by atoms with E-state index in [1.54, 1.807) is 0 Å². The van der Waals surface area contributed by atoms with Crippen LogP contribution in [-0.4, -0.2) is 18.4 Å². The van der Waals surface area contributed by atoms with Crippen LogP contribution in [0.1, 0.15) is 126 Å². The molecule has 11 unspecified atom stereocenters. The molecule has 11 atom stereocenters. The molecule has 0 aromatic heterocycles. The first-order valence-corrected chi connectivity index (χ1v) is 23.0. The Labute approximate surface area is 342 Å². The fraction of sp³-hybridized carbons (Fsp3) is 0.509. The van der Waals surface area contributed by atoms with Gasteiger partial charge >= 0.3 is 0 Å². The molecule has 2 aromatic carbocycles. The van der Waals surface area contributed by atoms with Crippen molar-refractivity contribution in [2.24, 2.45) is 35.5 Å². The molecule has 0 radical (unpaired) electrons. The minimum absolute atomic E-state index is 0.0624. The molecular formula is C53H65N3O. The summed E-state index contributed by atoms with van der Waals surface area (Å²) in [7, 11) is 0. The first kappa shape index (κ1) is 37.6. The number of fused-ring (bicyclic) bond motifs is 2. The normalized spacial score (nSPS) is 37.8. The van der Waals surface area contributed by atoms with Crippen molar-refractivity contribution in [2.75, 3.05) is 0 Å². The highest BCUT2D eigenvalue weighted by Gasteiger charge is 2.57. The van der Waals surface area contributed by atoms with E-state index >= 15 is 0 Å². The van der Waals surface area contributed by atoms with E-state index in [0.29, 0.717) is 41.4 Å². The Kier molecular flexibility index (Phi) is 10.9. The van der Waals surface area contributed by atoms with Gasteiger partial charge in [-0.1, -0.05) is 135 Å². The largest absolute Gasteiger partial charge is 0.486 e. The van der Waals surface area contributed by atoms with E-state index in [4.69, 9.17) is 4.74 Å². The average molecular weight is 760 g/mol. The second-order valence-corrected chi connectivity index (χ2v) is 18.8. The van der Waals surface area contributed by atoms with Gasteiger partial charge in [0.25, 0.3) is 0 Å². The average Bonchev–Trinajstić information content (AvgIpc) is 3.29. The molecule has 57 heavy (non-hydrogen) atoms. The summed E-state index contributed by atoms with van der Waals surface area (Å²) < 4.78 is 6.87. The van der Waals surface area contributed by atoms with Crippen molar-refractivity contribution in [2.45, 2.75) is 133 Å². The van der Waals surface area contributed by atoms with Gasteiger partial charge in [0, 0.05) is 28.7 Å². The number of nitrogens with one attached hydrogen (secondary N) is 3. The van der Waals surface area contributed by atoms with Gasteiger partial charge in [0.15, 0.2) is 0 Å². The van der Waals surface area contributed by atoms with Crippen LogP contribution in [0.25, 0.3) is 0 Å². The van der Waals surface area contributed by atoms with Crippen LogP contribution in [0, 0.1) is 35.5 Å². The number of hydrogen-bond donors (Lipinski definition) is 3. The van der Waals surface area contributed by atoms with Gasteiger partial charge in [-0.25, -0.2) is 0 Å². The number of benzene rings is 2. The van der Waals surface area contributed by atoms with Crippen molar-refractivity contribution in [3.8, 4) is 5.75 Å². The third-order valence-corrected chi connectivity index (χ3v) is 15.6. The summed E-state index contributed by atoms with van der Waals surface area (Å²) >= 11 is 0. The highest BCUT2D eigenvalue weighted by atomic mass is 16.5. The summed E-state index contributed by atoms with van der Waals surface area (Å²) in [6, 6.07) is 18.5. The van der Waals surface area contributed by atoms with Crippen LogP contribution in [0.3, 0.4) is 0 Å². The maximum Gasteiger partial charge on any atom is 0.124 e. The lowest BCUT2D eigenvalue weighted by atomic mass is 9.48. The fourth-order valence-electron chi connectivity index (χ4n) is 12.8. The predicted molar refractivity (Wildman–Crippen MR) is 235 cm³/mol. The summed E-state index contributed by atoms with van der Waals surface area (Å²) in [4.78, 5) is 0. The van der Waals surface area contributed by atoms with Crippen molar-refractivity contribution < 1.29 is 4.74 Å². The molecule has 0 bridgehead atoms. The molecule has 4 heteroatoms. The third-order valence-electron chi connectivity index (χ3n) is 15.6. The zero-order chi connectivity index (χ0) is 38.2. The van der Waals surface area contributed by atoms with Crippen molar-refractivity contribution in [1.82, 2.24) is 16.0 Å². The second kappa shape index (κ2) is 16.5. The fourth-order valence-corrected chi connectivity index (χ4v) is 12.8. The summed E-state index contributed by atoms with van der Waals surface area (Å²) in [6.45, 7) is 2.42. The van der Waals surface area contributed by atoms with Crippen LogP contribution >= 0.6 is 0 Å². The van der Waals surface area contributed by atoms with Gasteiger partial charge in [0.05, 0.1) is 18.5 Å². The van der Waals surface area contributed by atoms with Crippen LogP contribution in [-0.2, 0) is 5.41 Å². The van der Waals surface area contributed by atoms with Crippen molar-refractivity contribution in [3.63, 3.8) is 0 Å². The van der Waals surface area contributed by atoms with Gasteiger partial charge < -0.3 is 4.74 Å². The standard InChI is InChI=1S/C53H65N3O/c1-36-25-34-49-47(35-36)53(42-19-9-4-10-20-42,46-23-13-14-24-48(46)57-49)43-32-30-39(31-33-43)44-21-11-12-22-45(44)52-55-50(40-17-7-3-8-18-40)54-51(56-52)41-28-26-38(27-29-41)37-15-5-2-6-16-37/h4-5,9,11-16,21-26,28-30,32,34,36,38-40,42-43,47,49-52,54-56H,2-3,6-8,10,17-20,27,31,33,35H2,1H3. The molecule has 2 fully saturated rings. The lowest BCUT2D eigenvalue weighted by Crippen LogP contribution is -2.66. The van der Waals surface area contributed by atoms with Crippen molar-refractivity contribution in [1.29, 1.82) is 0 Å². The van der Waals surface area contributed by atoms with E-state index in [1.165, 1.54) is 111 Å². The molecule has 298 valence electrons. The van der Waals surface area contributed by atoms with Crippen molar-refractivity contribution in [3.05, 3.63) is 149 Å². The summed E-state index contributed by atoms with van der Waals surface area (Å²) in [5, 5.41) is 12.4. The van der Waals surface area contributed by atoms with Gasteiger partial charge in [-0.15, -0.1) is 0 Å². The Morgan fingerprint density at radius 2 is 1.49 bits per heavy atom. The molecule has 10 rings (SSSR count). The molecule has 4 nitrogen and oxygen atoms in total. The molecule has 6 aliphatic carbocycles. The van der Waals surface area contributed by atoms with Crippen LogP contribution in [0.15, 0.2) is 133 Å². The third kappa shape index (κ3) is 7.23. The Balaban J connectivity index is 0.956. The molecule has 8 aliphatic rings. The van der Waals surface area contributed by atoms with Gasteiger partial charge in [-0.2, -0.15) is 0 Å². The van der Waals surface area contributed by atoms with Crippen molar-refractivity contribution >= 4 is 0 Å². The van der Waals surface area contributed by atoms with Gasteiger partial charge in [-0.3, -0.25) is 16.0 Å². The molecule has 1 saturated carbocycles. The zero-order valence-corrected chi connectivity index (χ0v) is 34.2. The number of allylic oxidation sites excluding steroid dienone is 11. The lowest BCUT2D eigenvalue weighted by molar-refractivity contribution is -0.00910. The van der Waals surface area contributed by atoms with Gasteiger partial charge in [-0.05, 0) is 129 Å². The first-order valence-electron chi connectivity index (χ1n) is 23.0. The molecule has 2 aromatic rings. The number of ether oxygens (including phenoxy) is 1. The number of para-hydroxylation sites is 1. The van der Waals surface area contributed by atoms with E-state index in [9.17, 15) is 0 Å². The van der Waals surface area contributed by atoms with E-state index in [0.717, 1.165) is 12.2 Å². The zero-order valence-electron chi connectivity index (χ0n) is 34.2.